The van der Waals surface area contributed by atoms with Crippen LogP contribution in [0.15, 0.2) is 99.6 Å². The van der Waals surface area contributed by atoms with Crippen molar-refractivity contribution in [2.24, 2.45) is 0 Å². The van der Waals surface area contributed by atoms with Crippen molar-refractivity contribution >= 4 is 10.9 Å². The molecule has 0 fully saturated rings. The van der Waals surface area contributed by atoms with Crippen molar-refractivity contribution < 1.29 is 5.11 Å². The topological polar surface area (TPSA) is 23.1 Å². The lowest BCUT2D eigenvalue weighted by molar-refractivity contribution is -0.272. The molecule has 20 heavy (non-hydrogen) atoms. The molecule has 0 saturated carbocycles. The van der Waals surface area contributed by atoms with Crippen LogP contribution in [0.1, 0.15) is 0 Å². The van der Waals surface area contributed by atoms with Gasteiger partial charge in [0.2, 0.25) is 0 Å². The van der Waals surface area contributed by atoms with E-state index in [0.29, 0.717) is 0 Å². The van der Waals surface area contributed by atoms with Crippen LogP contribution in [0, 0.1) is 0 Å². The Morgan fingerprint density at radius 2 is 1.00 bits per heavy atom. The van der Waals surface area contributed by atoms with Crippen molar-refractivity contribution in [1.29, 1.82) is 0 Å². The highest BCUT2D eigenvalue weighted by Gasteiger charge is 2.28. The van der Waals surface area contributed by atoms with Gasteiger partial charge in [-0.05, 0) is 30.3 Å². The summed E-state index contributed by atoms with van der Waals surface area (Å²) >= 11 is 0. The molecule has 0 aliphatic carbocycles. The van der Waals surface area contributed by atoms with E-state index >= 15 is 0 Å². The van der Waals surface area contributed by atoms with E-state index in [9.17, 15) is 5.11 Å². The molecule has 2 heteroatoms. The molecule has 0 amide bonds. The normalized spacial score (nSPS) is 10.7. The second kappa shape index (κ2) is 5.85. The van der Waals surface area contributed by atoms with E-state index in [4.69, 9.17) is 0 Å². The maximum Gasteiger partial charge on any atom is 0.166 e. The molecule has 98 valence electrons. The quantitative estimate of drug-likeness (QED) is 0.667. The van der Waals surface area contributed by atoms with Crippen molar-refractivity contribution in [3.8, 4) is 5.75 Å². The largest absolute Gasteiger partial charge is 0.869 e. The third kappa shape index (κ3) is 2.56. The van der Waals surface area contributed by atoms with Crippen molar-refractivity contribution in [2.75, 3.05) is 0 Å². The molecular formula is C18H14OS. The first-order valence-electron chi connectivity index (χ1n) is 6.47. The summed E-state index contributed by atoms with van der Waals surface area (Å²) in [6.07, 6.45) is 0. The lowest BCUT2D eigenvalue weighted by Gasteiger charge is -2.14. The monoisotopic (exact) mass is 278 g/mol. The van der Waals surface area contributed by atoms with Crippen LogP contribution in [0.25, 0.3) is 0 Å². The highest BCUT2D eigenvalue weighted by Crippen LogP contribution is 2.34. The van der Waals surface area contributed by atoms with Gasteiger partial charge < -0.3 is 5.11 Å². The second-order valence-electron chi connectivity index (χ2n) is 4.38. The molecule has 0 aliphatic heterocycles. The van der Waals surface area contributed by atoms with Crippen LogP contribution >= 0.6 is 0 Å². The van der Waals surface area contributed by atoms with Gasteiger partial charge in [-0.2, -0.15) is 0 Å². The molecule has 0 heterocycles. The minimum Gasteiger partial charge on any atom is -0.869 e. The molecule has 3 rings (SSSR count). The Labute approximate surface area is 121 Å². The molecule has 1 nitrogen and oxygen atoms in total. The van der Waals surface area contributed by atoms with Crippen LogP contribution in [0.2, 0.25) is 0 Å². The first-order valence-corrected chi connectivity index (χ1v) is 7.69. The van der Waals surface area contributed by atoms with Crippen molar-refractivity contribution in [1.82, 2.24) is 0 Å². The molecule has 3 aromatic carbocycles. The molecule has 0 unspecified atom stereocenters. The molecule has 0 N–H and O–H groups in total. The Bertz CT molecular complexity index is 641. The predicted molar refractivity (Wildman–Crippen MR) is 80.9 cm³/mol. The SMILES string of the molecule is [O-]c1ccccc1[S+](c1ccccc1)c1ccccc1. The standard InChI is InChI=1S/C18H14OS/c19-17-13-7-8-14-18(17)20(15-9-3-1-4-10-15)16-11-5-2-6-12-16/h1-14H. The lowest BCUT2D eigenvalue weighted by atomic mass is 10.3. The van der Waals surface area contributed by atoms with E-state index in [1.807, 2.05) is 48.5 Å². The zero-order valence-corrected chi connectivity index (χ0v) is 11.7. The highest BCUT2D eigenvalue weighted by molar-refractivity contribution is 7.97. The molecule has 0 radical (unpaired) electrons. The Morgan fingerprint density at radius 3 is 1.50 bits per heavy atom. The fourth-order valence-electron chi connectivity index (χ4n) is 2.12. The number of benzene rings is 3. The van der Waals surface area contributed by atoms with Gasteiger partial charge in [0.1, 0.15) is 0 Å². The summed E-state index contributed by atoms with van der Waals surface area (Å²) in [5.41, 5.74) is 0. The van der Waals surface area contributed by atoms with Crippen LogP contribution in [-0.2, 0) is 10.9 Å². The van der Waals surface area contributed by atoms with Crippen LogP contribution in [0.5, 0.6) is 5.75 Å². The van der Waals surface area contributed by atoms with E-state index < -0.39 is 0 Å². The highest BCUT2D eigenvalue weighted by atomic mass is 32.2. The Morgan fingerprint density at radius 1 is 0.550 bits per heavy atom. The average molecular weight is 278 g/mol. The first kappa shape index (κ1) is 12.8. The van der Waals surface area contributed by atoms with Crippen molar-refractivity contribution in [3.05, 3.63) is 84.9 Å². The fourth-order valence-corrected chi connectivity index (χ4v) is 4.24. The second-order valence-corrected chi connectivity index (χ2v) is 6.37. The van der Waals surface area contributed by atoms with E-state index in [2.05, 4.69) is 24.3 Å². The van der Waals surface area contributed by atoms with E-state index in [0.717, 1.165) is 4.90 Å². The summed E-state index contributed by atoms with van der Waals surface area (Å²) in [6.45, 7) is 0. The number of hydrogen-bond donors (Lipinski definition) is 0. The molecule has 0 aromatic heterocycles. The van der Waals surface area contributed by atoms with Gasteiger partial charge in [0.05, 0.1) is 10.9 Å². The van der Waals surface area contributed by atoms with Gasteiger partial charge in [-0.25, -0.2) is 0 Å². The molecule has 0 saturated heterocycles. The van der Waals surface area contributed by atoms with Gasteiger partial charge >= 0.3 is 0 Å². The fraction of sp³-hybridized carbons (Fsp3) is 0. The molecular weight excluding hydrogens is 264 g/mol. The number of para-hydroxylation sites is 1. The molecule has 0 aliphatic rings. The zero-order chi connectivity index (χ0) is 13.8. The van der Waals surface area contributed by atoms with E-state index in [1.54, 1.807) is 12.1 Å². The van der Waals surface area contributed by atoms with Crippen LogP contribution in [0.4, 0.5) is 0 Å². The van der Waals surface area contributed by atoms with Gasteiger partial charge in [-0.15, -0.1) is 0 Å². The molecule has 0 spiro atoms. The van der Waals surface area contributed by atoms with E-state index in [1.165, 1.54) is 9.79 Å². The van der Waals surface area contributed by atoms with Gasteiger partial charge in [0, 0.05) is 0 Å². The first-order chi connectivity index (χ1) is 9.86. The molecule has 0 bridgehead atoms. The molecule has 0 atom stereocenters. The van der Waals surface area contributed by atoms with Gasteiger partial charge in [-0.1, -0.05) is 60.3 Å². The third-order valence-corrected chi connectivity index (χ3v) is 5.29. The minimum absolute atomic E-state index is 0.100. The summed E-state index contributed by atoms with van der Waals surface area (Å²) < 4.78 is 0. The molecule has 3 aromatic rings. The zero-order valence-electron chi connectivity index (χ0n) is 10.9. The Kier molecular flexibility index (Phi) is 3.75. The smallest absolute Gasteiger partial charge is 0.166 e. The maximum absolute atomic E-state index is 12.2. The van der Waals surface area contributed by atoms with Crippen LogP contribution in [-0.4, -0.2) is 0 Å². The Hall–Kier alpha value is -2.19. The van der Waals surface area contributed by atoms with Gasteiger partial charge in [0.15, 0.2) is 14.7 Å². The predicted octanol–water partition coefficient (Wildman–Crippen LogP) is 3.86. The summed E-state index contributed by atoms with van der Waals surface area (Å²) in [5, 5.41) is 12.2. The summed E-state index contributed by atoms with van der Waals surface area (Å²) in [5.74, 6) is 0.100. The minimum atomic E-state index is -0.339. The van der Waals surface area contributed by atoms with Crippen molar-refractivity contribution in [3.63, 3.8) is 0 Å². The van der Waals surface area contributed by atoms with E-state index in [-0.39, 0.29) is 16.6 Å². The number of hydrogen-bond acceptors (Lipinski definition) is 1. The summed E-state index contributed by atoms with van der Waals surface area (Å²) in [6, 6.07) is 27.7. The van der Waals surface area contributed by atoms with Crippen LogP contribution < -0.4 is 5.11 Å². The maximum atomic E-state index is 12.2. The average Bonchev–Trinajstić information content (AvgIpc) is 2.52. The van der Waals surface area contributed by atoms with Gasteiger partial charge in [-0.3, -0.25) is 0 Å². The van der Waals surface area contributed by atoms with Crippen LogP contribution in [0.3, 0.4) is 0 Å². The lowest BCUT2D eigenvalue weighted by Crippen LogP contribution is -2.08. The van der Waals surface area contributed by atoms with Gasteiger partial charge in [0.25, 0.3) is 0 Å². The van der Waals surface area contributed by atoms with Crippen molar-refractivity contribution in [2.45, 2.75) is 14.7 Å². The number of rotatable bonds is 3. The Balaban J connectivity index is 2.17. The summed E-state index contributed by atoms with van der Waals surface area (Å²) in [4.78, 5) is 3.19. The summed E-state index contributed by atoms with van der Waals surface area (Å²) in [7, 11) is -0.339. The third-order valence-electron chi connectivity index (χ3n) is 3.03.